The second-order valence-corrected chi connectivity index (χ2v) is 10.3. The van der Waals surface area contributed by atoms with Gasteiger partial charge in [-0.1, -0.05) is 43.0 Å². The highest BCUT2D eigenvalue weighted by atomic mass is 35.5. The van der Waals surface area contributed by atoms with Gasteiger partial charge in [0, 0.05) is 47.3 Å². The number of fused-ring (bicyclic) bond motifs is 1. The lowest BCUT2D eigenvalue weighted by Crippen LogP contribution is -2.35. The average molecular weight is 481 g/mol. The molecule has 0 saturated heterocycles. The van der Waals surface area contributed by atoms with Gasteiger partial charge in [-0.3, -0.25) is 14.5 Å². The molecule has 1 aromatic carbocycles. The van der Waals surface area contributed by atoms with Gasteiger partial charge in [0.2, 0.25) is 5.91 Å². The molecule has 7 heteroatoms. The number of hydrogen-bond donors (Lipinski definition) is 1. The summed E-state index contributed by atoms with van der Waals surface area (Å²) < 4.78 is 0. The number of halogens is 2. The van der Waals surface area contributed by atoms with Gasteiger partial charge in [0.1, 0.15) is 5.78 Å². The van der Waals surface area contributed by atoms with Gasteiger partial charge in [0.15, 0.2) is 0 Å². The van der Waals surface area contributed by atoms with E-state index in [1.54, 1.807) is 23.5 Å². The molecular formula is C24H30Cl2N2O2S. The zero-order valence-corrected chi connectivity index (χ0v) is 20.1. The van der Waals surface area contributed by atoms with E-state index < -0.39 is 5.91 Å². The number of ketones is 1. The van der Waals surface area contributed by atoms with E-state index in [-0.39, 0.29) is 24.6 Å². The van der Waals surface area contributed by atoms with Crippen molar-refractivity contribution in [2.24, 2.45) is 11.7 Å². The normalized spacial score (nSPS) is 17.1. The summed E-state index contributed by atoms with van der Waals surface area (Å²) in [5.74, 6) is 0.497. The number of amides is 1. The lowest BCUT2D eigenvalue weighted by Gasteiger charge is -2.32. The molecule has 1 aromatic heterocycles. The summed E-state index contributed by atoms with van der Waals surface area (Å²) >= 11 is 7.54. The van der Waals surface area contributed by atoms with Crippen LogP contribution in [0, 0.1) is 5.92 Å². The Bertz CT molecular complexity index is 920. The van der Waals surface area contributed by atoms with Gasteiger partial charge in [-0.05, 0) is 48.4 Å². The third kappa shape index (κ3) is 6.10. The quantitative estimate of drug-likeness (QED) is 0.590. The van der Waals surface area contributed by atoms with Crippen molar-refractivity contribution >= 4 is 47.0 Å². The average Bonchev–Trinajstić information content (AvgIpc) is 3.07. The summed E-state index contributed by atoms with van der Waals surface area (Å²) in [4.78, 5) is 29.5. The van der Waals surface area contributed by atoms with E-state index in [1.165, 1.54) is 37.0 Å². The second-order valence-electron chi connectivity index (χ2n) is 8.67. The van der Waals surface area contributed by atoms with E-state index >= 15 is 0 Å². The molecule has 0 bridgehead atoms. The summed E-state index contributed by atoms with van der Waals surface area (Å²) in [6, 6.07) is 7.34. The Hall–Kier alpha value is -1.40. The molecule has 1 aliphatic heterocycles. The largest absolute Gasteiger partial charge is 0.366 e. The fourth-order valence-electron chi connectivity index (χ4n) is 4.89. The summed E-state index contributed by atoms with van der Waals surface area (Å²) in [6.45, 7) is 2.99. The molecule has 0 spiro atoms. The number of thiophene rings is 1. The molecule has 1 saturated carbocycles. The standard InChI is InChI=1S/C24H29ClN2O2S.ClH/c25-18-8-6-16(7-9-18)12-19(28)13-21-23(24(26)29)20-10-11-27(15-22(20)30-21)14-17-4-2-1-3-5-17;/h6-9,17H,1-5,10-15H2,(H2,26,29);1H. The molecule has 2 aliphatic rings. The van der Waals surface area contributed by atoms with E-state index in [0.29, 0.717) is 17.0 Å². The molecule has 1 amide bonds. The number of Topliss-reactive ketones (excluding diaryl/α,β-unsaturated/α-hetero) is 1. The SMILES string of the molecule is Cl.NC(=O)c1c(CC(=O)Cc2ccc(Cl)cc2)sc2c1CCN(CC1CCCCC1)C2. The van der Waals surface area contributed by atoms with Crippen LogP contribution in [0.5, 0.6) is 0 Å². The Morgan fingerprint density at radius 1 is 1.10 bits per heavy atom. The van der Waals surface area contributed by atoms with Gasteiger partial charge < -0.3 is 5.73 Å². The number of carbonyl (C=O) groups excluding carboxylic acids is 2. The molecule has 168 valence electrons. The topological polar surface area (TPSA) is 63.4 Å². The van der Waals surface area contributed by atoms with Crippen LogP contribution >= 0.6 is 35.3 Å². The van der Waals surface area contributed by atoms with Crippen molar-refractivity contribution in [2.75, 3.05) is 13.1 Å². The van der Waals surface area contributed by atoms with Crippen molar-refractivity contribution in [3.63, 3.8) is 0 Å². The van der Waals surface area contributed by atoms with Crippen LogP contribution in [0.3, 0.4) is 0 Å². The van der Waals surface area contributed by atoms with Crippen LogP contribution in [-0.4, -0.2) is 29.7 Å². The lowest BCUT2D eigenvalue weighted by molar-refractivity contribution is -0.117. The number of nitrogens with zero attached hydrogens (tertiary/aromatic N) is 1. The van der Waals surface area contributed by atoms with E-state index in [0.717, 1.165) is 48.0 Å². The van der Waals surface area contributed by atoms with Crippen LogP contribution in [0.1, 0.15) is 63.3 Å². The van der Waals surface area contributed by atoms with Gasteiger partial charge in [-0.15, -0.1) is 23.7 Å². The minimum atomic E-state index is -0.400. The first-order chi connectivity index (χ1) is 14.5. The zero-order chi connectivity index (χ0) is 21.1. The molecule has 0 unspecified atom stereocenters. The molecule has 2 heterocycles. The highest BCUT2D eigenvalue weighted by Crippen LogP contribution is 2.35. The fourth-order valence-corrected chi connectivity index (χ4v) is 6.44. The van der Waals surface area contributed by atoms with Gasteiger partial charge in [0.25, 0.3) is 0 Å². The maximum Gasteiger partial charge on any atom is 0.250 e. The predicted molar refractivity (Wildman–Crippen MR) is 130 cm³/mol. The summed E-state index contributed by atoms with van der Waals surface area (Å²) in [6.07, 6.45) is 8.22. The van der Waals surface area contributed by atoms with Crippen LogP contribution in [-0.2, 0) is 30.6 Å². The molecule has 31 heavy (non-hydrogen) atoms. The molecular weight excluding hydrogens is 451 g/mol. The molecule has 0 atom stereocenters. The third-order valence-corrected chi connectivity index (χ3v) is 7.84. The number of benzene rings is 1. The number of primary amides is 1. The minimum absolute atomic E-state index is 0. The molecule has 1 aliphatic carbocycles. The molecule has 1 fully saturated rings. The van der Waals surface area contributed by atoms with Crippen molar-refractivity contribution in [2.45, 2.75) is 57.9 Å². The van der Waals surface area contributed by atoms with Crippen molar-refractivity contribution < 1.29 is 9.59 Å². The first-order valence-electron chi connectivity index (χ1n) is 10.9. The maximum atomic E-state index is 12.7. The minimum Gasteiger partial charge on any atom is -0.366 e. The molecule has 4 rings (SSSR count). The number of carbonyl (C=O) groups is 2. The Kier molecular flexibility index (Phi) is 8.57. The Morgan fingerprint density at radius 2 is 1.81 bits per heavy atom. The molecule has 0 radical (unpaired) electrons. The van der Waals surface area contributed by atoms with Crippen molar-refractivity contribution in [1.29, 1.82) is 0 Å². The van der Waals surface area contributed by atoms with Crippen molar-refractivity contribution in [1.82, 2.24) is 4.90 Å². The summed E-state index contributed by atoms with van der Waals surface area (Å²) in [5.41, 5.74) is 8.37. The van der Waals surface area contributed by atoms with Crippen molar-refractivity contribution in [3.8, 4) is 0 Å². The Morgan fingerprint density at radius 3 is 2.48 bits per heavy atom. The number of nitrogens with two attached hydrogens (primary N) is 1. The van der Waals surface area contributed by atoms with Gasteiger partial charge >= 0.3 is 0 Å². The van der Waals surface area contributed by atoms with Gasteiger partial charge in [-0.2, -0.15) is 0 Å². The highest BCUT2D eigenvalue weighted by molar-refractivity contribution is 7.12. The first kappa shape index (κ1) is 24.2. The van der Waals surface area contributed by atoms with Crippen LogP contribution in [0.15, 0.2) is 24.3 Å². The van der Waals surface area contributed by atoms with E-state index in [9.17, 15) is 9.59 Å². The van der Waals surface area contributed by atoms with Crippen molar-refractivity contribution in [3.05, 3.63) is 55.7 Å². The zero-order valence-electron chi connectivity index (χ0n) is 17.7. The van der Waals surface area contributed by atoms with Gasteiger partial charge in [-0.25, -0.2) is 0 Å². The monoisotopic (exact) mass is 480 g/mol. The number of rotatable bonds is 7. The van der Waals surface area contributed by atoms with Crippen LogP contribution < -0.4 is 5.73 Å². The molecule has 2 N–H and O–H groups in total. The lowest BCUT2D eigenvalue weighted by atomic mass is 9.88. The van der Waals surface area contributed by atoms with E-state index in [2.05, 4.69) is 4.90 Å². The summed E-state index contributed by atoms with van der Waals surface area (Å²) in [5, 5.41) is 0.658. The fraction of sp³-hybridized carbons (Fsp3) is 0.500. The molecule has 4 nitrogen and oxygen atoms in total. The second kappa shape index (κ2) is 11.0. The number of hydrogen-bond acceptors (Lipinski definition) is 4. The van der Waals surface area contributed by atoms with Crippen LogP contribution in [0.4, 0.5) is 0 Å². The first-order valence-corrected chi connectivity index (χ1v) is 12.1. The Labute approximate surface area is 199 Å². The van der Waals surface area contributed by atoms with Gasteiger partial charge in [0.05, 0.1) is 5.56 Å². The van der Waals surface area contributed by atoms with Crippen LogP contribution in [0.2, 0.25) is 5.02 Å². The maximum absolute atomic E-state index is 12.7. The third-order valence-electron chi connectivity index (χ3n) is 6.37. The summed E-state index contributed by atoms with van der Waals surface area (Å²) in [7, 11) is 0. The van der Waals surface area contributed by atoms with E-state index in [4.69, 9.17) is 17.3 Å². The smallest absolute Gasteiger partial charge is 0.250 e. The predicted octanol–water partition coefficient (Wildman–Crippen LogP) is 5.21. The Balaban J connectivity index is 0.00000272. The highest BCUT2D eigenvalue weighted by Gasteiger charge is 2.28. The van der Waals surface area contributed by atoms with E-state index in [1.807, 2.05) is 12.1 Å². The molecule has 2 aromatic rings. The van der Waals surface area contributed by atoms with Crippen LogP contribution in [0.25, 0.3) is 0 Å².